The first kappa shape index (κ1) is 19.3. The molecule has 11 N–H and O–H groups in total. The molecule has 0 radical (unpaired) electrons. The Hall–Kier alpha value is -2.44. The molecule has 0 aromatic carbocycles. The predicted molar refractivity (Wildman–Crippen MR) is 83.8 cm³/mol. The number of nitrogens with zero attached hydrogens (tertiary/aromatic N) is 3. The summed E-state index contributed by atoms with van der Waals surface area (Å²) >= 11 is 0. The van der Waals surface area contributed by atoms with E-state index in [1.807, 2.05) is 0 Å². The number of aliphatic imine (C=N–C) groups is 2. The van der Waals surface area contributed by atoms with Crippen molar-refractivity contribution in [2.75, 3.05) is 13.2 Å². The Morgan fingerprint density at radius 3 is 2.56 bits per heavy atom. The Labute approximate surface area is 151 Å². The van der Waals surface area contributed by atoms with Crippen LogP contribution in [0.1, 0.15) is 0 Å². The minimum Gasteiger partial charge on any atom is -0.446 e. The lowest BCUT2D eigenvalue weighted by Crippen LogP contribution is -2.78. The van der Waals surface area contributed by atoms with Gasteiger partial charge in [-0.05, 0) is 0 Å². The Morgan fingerprint density at radius 2 is 1.96 bits per heavy atom. The van der Waals surface area contributed by atoms with E-state index < -0.39 is 58.9 Å². The Balaban J connectivity index is 1.92. The van der Waals surface area contributed by atoms with E-state index in [9.17, 15) is 33.6 Å². The SMILES string of the molecule is NC1=N[C@H]2[C@H](COC(=O)NS(=O)(=O)O)N=C(N)N3CC(O)(O)C(O)(O)[C@]23N1. The van der Waals surface area contributed by atoms with Crippen LogP contribution in [0, 0.1) is 0 Å². The zero-order valence-corrected chi connectivity index (χ0v) is 14.2. The lowest BCUT2D eigenvalue weighted by molar-refractivity contribution is -0.357. The molecule has 3 atom stereocenters. The van der Waals surface area contributed by atoms with Crippen molar-refractivity contribution in [3.8, 4) is 0 Å². The number of guanidine groups is 2. The molecule has 0 aromatic heterocycles. The molecule has 0 aromatic rings. The molecule has 1 spiro atoms. The summed E-state index contributed by atoms with van der Waals surface area (Å²) in [6.07, 6.45) is -1.55. The first-order valence-electron chi connectivity index (χ1n) is 7.25. The molecule has 1 fully saturated rings. The van der Waals surface area contributed by atoms with Gasteiger partial charge in [0.2, 0.25) is 11.4 Å². The summed E-state index contributed by atoms with van der Waals surface area (Å²) in [5.41, 5.74) is 9.22. The van der Waals surface area contributed by atoms with E-state index >= 15 is 0 Å². The number of hydrogen-bond acceptors (Lipinski definition) is 14. The van der Waals surface area contributed by atoms with Gasteiger partial charge in [0.25, 0.3) is 5.79 Å². The average Bonchev–Trinajstić information content (AvgIpc) is 2.91. The number of carbonyl (C=O) groups excluding carboxylic acids is 1. The Bertz CT molecular complexity index is 840. The number of nitrogens with one attached hydrogen (secondary N) is 2. The monoisotopic (exact) mass is 411 g/mol. The summed E-state index contributed by atoms with van der Waals surface area (Å²) < 4.78 is 35.5. The molecule has 17 heteroatoms. The number of carbonyl (C=O) groups is 1. The summed E-state index contributed by atoms with van der Waals surface area (Å²) in [6.45, 7) is -1.45. The topological polar surface area (TPSA) is 266 Å². The van der Waals surface area contributed by atoms with Crippen LogP contribution in [0.3, 0.4) is 0 Å². The Morgan fingerprint density at radius 1 is 1.33 bits per heavy atom. The second-order valence-electron chi connectivity index (χ2n) is 6.16. The van der Waals surface area contributed by atoms with Crippen LogP contribution >= 0.6 is 0 Å². The van der Waals surface area contributed by atoms with Crippen molar-refractivity contribution in [3.05, 3.63) is 0 Å². The highest BCUT2D eigenvalue weighted by molar-refractivity contribution is 7.84. The molecule has 3 aliphatic rings. The quantitative estimate of drug-likeness (QED) is 0.155. The molecule has 0 bridgehead atoms. The van der Waals surface area contributed by atoms with E-state index in [0.29, 0.717) is 0 Å². The fourth-order valence-electron chi connectivity index (χ4n) is 3.37. The van der Waals surface area contributed by atoms with Gasteiger partial charge in [0.05, 0.1) is 6.54 Å². The lowest BCUT2D eigenvalue weighted by Gasteiger charge is -2.48. The molecule has 152 valence electrons. The van der Waals surface area contributed by atoms with E-state index in [0.717, 1.165) is 9.62 Å². The van der Waals surface area contributed by atoms with E-state index in [1.165, 1.54) is 0 Å². The van der Waals surface area contributed by atoms with Gasteiger partial charge < -0.3 is 46.8 Å². The van der Waals surface area contributed by atoms with Gasteiger partial charge in [0, 0.05) is 0 Å². The van der Waals surface area contributed by atoms with Gasteiger partial charge in [-0.15, -0.1) is 0 Å². The van der Waals surface area contributed by atoms with Gasteiger partial charge >= 0.3 is 16.4 Å². The van der Waals surface area contributed by atoms with E-state index in [-0.39, 0.29) is 11.9 Å². The highest BCUT2D eigenvalue weighted by atomic mass is 32.2. The first-order valence-corrected chi connectivity index (χ1v) is 8.69. The van der Waals surface area contributed by atoms with Gasteiger partial charge in [-0.3, -0.25) is 4.55 Å². The zero-order chi connectivity index (χ0) is 20.4. The molecule has 3 aliphatic heterocycles. The second-order valence-corrected chi connectivity index (χ2v) is 7.31. The normalized spacial score (nSPS) is 33.3. The zero-order valence-electron chi connectivity index (χ0n) is 13.3. The van der Waals surface area contributed by atoms with E-state index in [1.54, 1.807) is 0 Å². The summed E-state index contributed by atoms with van der Waals surface area (Å²) in [5, 5.41) is 43.4. The summed E-state index contributed by atoms with van der Waals surface area (Å²) in [7, 11) is -4.86. The number of rotatable bonds is 3. The van der Waals surface area contributed by atoms with Gasteiger partial charge in [-0.25, -0.2) is 14.8 Å². The minimum absolute atomic E-state index is 0.313. The number of amides is 1. The van der Waals surface area contributed by atoms with Crippen LogP contribution in [0.2, 0.25) is 0 Å². The van der Waals surface area contributed by atoms with Crippen molar-refractivity contribution >= 4 is 28.3 Å². The smallest absolute Gasteiger partial charge is 0.422 e. The standard InChI is InChI=1S/C10H17N7O9S/c11-5-14-4-3(1-26-7(18)16-27(23,24)25)13-6(12)17-2-8(19,20)10(21,22)9(4,17)15-5/h3-4,19-22H,1-2H2,(H2,12,13)(H,16,18)(H3,11,14,15)(H,23,24,25)/t3-,4-,9-/m0/s1. The maximum absolute atomic E-state index is 11.4. The van der Waals surface area contributed by atoms with Gasteiger partial charge in [-0.1, -0.05) is 0 Å². The van der Waals surface area contributed by atoms with E-state index in [2.05, 4.69) is 20.0 Å². The predicted octanol–water partition coefficient (Wildman–Crippen LogP) is -6.13. The van der Waals surface area contributed by atoms with Crippen LogP contribution < -0.4 is 21.5 Å². The van der Waals surface area contributed by atoms with Crippen molar-refractivity contribution in [2.24, 2.45) is 21.5 Å². The third kappa shape index (κ3) is 2.71. The van der Waals surface area contributed by atoms with E-state index in [4.69, 9.17) is 16.0 Å². The third-order valence-corrected chi connectivity index (χ3v) is 4.88. The molecule has 3 heterocycles. The van der Waals surface area contributed by atoms with Crippen molar-refractivity contribution < 1.29 is 42.9 Å². The summed E-state index contributed by atoms with van der Waals surface area (Å²) in [6, 6.07) is -2.56. The van der Waals surface area contributed by atoms with Crippen LogP contribution in [0.25, 0.3) is 0 Å². The fraction of sp³-hybridized carbons (Fsp3) is 0.700. The molecule has 1 amide bonds. The molecule has 0 saturated carbocycles. The average molecular weight is 411 g/mol. The van der Waals surface area contributed by atoms with Crippen molar-refractivity contribution in [2.45, 2.75) is 29.3 Å². The number of ether oxygens (including phenoxy) is 1. The number of nitrogens with two attached hydrogens (primary N) is 2. The maximum atomic E-state index is 11.4. The highest BCUT2D eigenvalue weighted by Crippen LogP contribution is 2.47. The Kier molecular flexibility index (Phi) is 3.96. The number of aliphatic hydroxyl groups is 4. The summed E-state index contributed by atoms with van der Waals surface area (Å²) in [5.74, 6) is -7.00. The number of hydrogen-bond donors (Lipinski definition) is 9. The summed E-state index contributed by atoms with van der Waals surface area (Å²) in [4.78, 5) is 20.2. The maximum Gasteiger partial charge on any atom is 0.422 e. The largest absolute Gasteiger partial charge is 0.446 e. The molecule has 0 aliphatic carbocycles. The molecule has 3 rings (SSSR count). The van der Waals surface area contributed by atoms with Crippen LogP contribution in [-0.4, -0.2) is 98.8 Å². The fourth-order valence-corrected chi connectivity index (χ4v) is 3.64. The molecule has 27 heavy (non-hydrogen) atoms. The molecule has 1 saturated heterocycles. The molecular formula is C10H17N7O9S. The van der Waals surface area contributed by atoms with Gasteiger partial charge in [-0.2, -0.15) is 13.1 Å². The third-order valence-electron chi connectivity index (χ3n) is 4.46. The molecule has 0 unspecified atom stereocenters. The second kappa shape index (κ2) is 5.53. The lowest BCUT2D eigenvalue weighted by atomic mass is 9.85. The van der Waals surface area contributed by atoms with Crippen molar-refractivity contribution in [1.29, 1.82) is 0 Å². The molecule has 16 nitrogen and oxygen atoms in total. The van der Waals surface area contributed by atoms with Crippen LogP contribution in [0.4, 0.5) is 4.79 Å². The first-order chi connectivity index (χ1) is 12.2. The van der Waals surface area contributed by atoms with Crippen LogP contribution in [0.15, 0.2) is 9.98 Å². The van der Waals surface area contributed by atoms with Crippen LogP contribution in [0.5, 0.6) is 0 Å². The molecular weight excluding hydrogens is 394 g/mol. The van der Waals surface area contributed by atoms with Crippen molar-refractivity contribution in [3.63, 3.8) is 0 Å². The van der Waals surface area contributed by atoms with Gasteiger partial charge in [0.1, 0.15) is 18.7 Å². The highest BCUT2D eigenvalue weighted by Gasteiger charge is 2.78. The van der Waals surface area contributed by atoms with Crippen molar-refractivity contribution in [1.82, 2.24) is 14.9 Å². The van der Waals surface area contributed by atoms with Gasteiger partial charge in [0.15, 0.2) is 11.9 Å². The minimum atomic E-state index is -4.86. The van der Waals surface area contributed by atoms with Crippen LogP contribution in [-0.2, 0) is 15.0 Å².